The van der Waals surface area contributed by atoms with Gasteiger partial charge in [-0.15, -0.1) is 22.7 Å². The van der Waals surface area contributed by atoms with E-state index in [1.54, 1.807) is 25.3 Å². The van der Waals surface area contributed by atoms with Crippen molar-refractivity contribution in [3.63, 3.8) is 0 Å². The molecular weight excluding hydrogens is 364 g/mol. The molecular formula is C12H11BrN2O3S2. The highest BCUT2D eigenvalue weighted by molar-refractivity contribution is 9.11. The lowest BCUT2D eigenvalue weighted by Gasteiger charge is -2.10. The molecule has 2 aromatic heterocycles. The first kappa shape index (κ1) is 15.1. The quantitative estimate of drug-likeness (QED) is 0.858. The van der Waals surface area contributed by atoms with Crippen LogP contribution in [0.3, 0.4) is 0 Å². The maximum Gasteiger partial charge on any atom is 0.347 e. The molecule has 0 radical (unpaired) electrons. The molecule has 5 nitrogen and oxygen atoms in total. The fourth-order valence-corrected chi connectivity index (χ4v) is 3.62. The molecule has 0 fully saturated rings. The highest BCUT2D eigenvalue weighted by atomic mass is 79.9. The molecule has 0 bridgehead atoms. The van der Waals surface area contributed by atoms with Gasteiger partial charge in [0.15, 0.2) is 0 Å². The second-order valence-electron chi connectivity index (χ2n) is 4.11. The number of aromatic carboxylic acids is 1. The SMILES string of the molecule is Cc1nc(C(C)NC(=O)c2csc(Br)c2)sc1C(=O)O. The third-order valence-electron chi connectivity index (χ3n) is 2.56. The van der Waals surface area contributed by atoms with E-state index in [4.69, 9.17) is 5.11 Å². The van der Waals surface area contributed by atoms with Crippen molar-refractivity contribution in [2.75, 3.05) is 0 Å². The number of carbonyl (C=O) groups is 2. The Hall–Kier alpha value is -1.25. The lowest BCUT2D eigenvalue weighted by molar-refractivity contribution is 0.0701. The van der Waals surface area contributed by atoms with Crippen molar-refractivity contribution in [2.24, 2.45) is 0 Å². The molecule has 106 valence electrons. The molecule has 0 saturated heterocycles. The lowest BCUT2D eigenvalue weighted by Crippen LogP contribution is -2.26. The summed E-state index contributed by atoms with van der Waals surface area (Å²) >= 11 is 5.82. The van der Waals surface area contributed by atoms with Crippen LogP contribution in [0.4, 0.5) is 0 Å². The van der Waals surface area contributed by atoms with Gasteiger partial charge in [-0.25, -0.2) is 9.78 Å². The number of halogens is 1. The minimum atomic E-state index is -0.994. The van der Waals surface area contributed by atoms with Crippen LogP contribution in [-0.2, 0) is 0 Å². The average molecular weight is 375 g/mol. The van der Waals surface area contributed by atoms with Crippen LogP contribution in [0.2, 0.25) is 0 Å². The fraction of sp³-hybridized carbons (Fsp3) is 0.250. The highest BCUT2D eigenvalue weighted by Gasteiger charge is 2.19. The Kier molecular flexibility index (Phi) is 4.56. The zero-order valence-corrected chi connectivity index (χ0v) is 13.9. The molecule has 2 heterocycles. The Morgan fingerprint density at radius 1 is 1.50 bits per heavy atom. The minimum Gasteiger partial charge on any atom is -0.477 e. The Balaban J connectivity index is 2.12. The molecule has 1 atom stereocenters. The third kappa shape index (κ3) is 3.25. The molecule has 0 aliphatic heterocycles. The van der Waals surface area contributed by atoms with E-state index in [1.165, 1.54) is 11.3 Å². The molecule has 0 aromatic carbocycles. The molecule has 0 saturated carbocycles. The van der Waals surface area contributed by atoms with Crippen LogP contribution >= 0.6 is 38.6 Å². The first-order valence-corrected chi connectivity index (χ1v) is 8.13. The standard InChI is InChI=1S/C12H11BrN2O3S2/c1-5-9(12(17)18)20-11(15-5)6(2)14-10(16)7-3-8(13)19-4-7/h3-4,6H,1-2H3,(H,14,16)(H,17,18). The van der Waals surface area contributed by atoms with Crippen molar-refractivity contribution in [2.45, 2.75) is 19.9 Å². The number of nitrogens with zero attached hydrogens (tertiary/aromatic N) is 1. The van der Waals surface area contributed by atoms with Crippen LogP contribution < -0.4 is 5.32 Å². The summed E-state index contributed by atoms with van der Waals surface area (Å²) in [7, 11) is 0. The average Bonchev–Trinajstić information content (AvgIpc) is 2.95. The Labute approximate surface area is 131 Å². The zero-order chi connectivity index (χ0) is 14.9. The summed E-state index contributed by atoms with van der Waals surface area (Å²) in [4.78, 5) is 27.4. The number of carbonyl (C=O) groups excluding carboxylic acids is 1. The summed E-state index contributed by atoms with van der Waals surface area (Å²) in [6.45, 7) is 3.43. The number of carboxylic acid groups (broad SMARTS) is 1. The first-order chi connectivity index (χ1) is 9.38. The smallest absolute Gasteiger partial charge is 0.347 e. The number of thiazole rings is 1. The van der Waals surface area contributed by atoms with Crippen molar-refractivity contribution in [3.8, 4) is 0 Å². The van der Waals surface area contributed by atoms with E-state index in [1.807, 2.05) is 0 Å². The zero-order valence-electron chi connectivity index (χ0n) is 10.6. The third-order valence-corrected chi connectivity index (χ3v) is 5.39. The molecule has 2 aromatic rings. The number of amides is 1. The van der Waals surface area contributed by atoms with Crippen molar-refractivity contribution in [1.29, 1.82) is 0 Å². The van der Waals surface area contributed by atoms with Crippen molar-refractivity contribution in [3.05, 3.63) is 36.4 Å². The highest BCUT2D eigenvalue weighted by Crippen LogP contribution is 2.25. The number of nitrogens with one attached hydrogen (secondary N) is 1. The van der Waals surface area contributed by atoms with Gasteiger partial charge in [-0.1, -0.05) is 0 Å². The van der Waals surface area contributed by atoms with Crippen LogP contribution in [0.15, 0.2) is 15.2 Å². The van der Waals surface area contributed by atoms with Gasteiger partial charge in [-0.2, -0.15) is 0 Å². The Bertz CT molecular complexity index is 665. The summed E-state index contributed by atoms with van der Waals surface area (Å²) in [5.74, 6) is -1.20. The number of hydrogen-bond donors (Lipinski definition) is 2. The largest absolute Gasteiger partial charge is 0.477 e. The van der Waals surface area contributed by atoms with E-state index in [0.29, 0.717) is 16.3 Å². The van der Waals surface area contributed by atoms with E-state index in [9.17, 15) is 9.59 Å². The molecule has 2 rings (SSSR count). The minimum absolute atomic E-state index is 0.204. The summed E-state index contributed by atoms with van der Waals surface area (Å²) in [6, 6.07) is 1.40. The van der Waals surface area contributed by atoms with E-state index in [0.717, 1.165) is 15.1 Å². The van der Waals surface area contributed by atoms with E-state index >= 15 is 0 Å². The van der Waals surface area contributed by atoms with Gasteiger partial charge in [0.1, 0.15) is 9.88 Å². The first-order valence-electron chi connectivity index (χ1n) is 5.64. The van der Waals surface area contributed by atoms with Gasteiger partial charge in [-0.05, 0) is 35.8 Å². The molecule has 20 heavy (non-hydrogen) atoms. The number of aromatic nitrogens is 1. The lowest BCUT2D eigenvalue weighted by atomic mass is 10.3. The van der Waals surface area contributed by atoms with Crippen LogP contribution in [0, 0.1) is 6.92 Å². The monoisotopic (exact) mass is 374 g/mol. The number of carboxylic acids is 1. The summed E-state index contributed by atoms with van der Waals surface area (Å²) in [5.41, 5.74) is 1.04. The van der Waals surface area contributed by atoms with E-state index in [2.05, 4.69) is 26.2 Å². The number of hydrogen-bond acceptors (Lipinski definition) is 5. The number of thiophene rings is 1. The van der Waals surface area contributed by atoms with Crippen LogP contribution in [0.25, 0.3) is 0 Å². The molecule has 1 unspecified atom stereocenters. The van der Waals surface area contributed by atoms with Gasteiger partial charge in [0, 0.05) is 5.38 Å². The van der Waals surface area contributed by atoms with Gasteiger partial charge in [0.2, 0.25) is 0 Å². The Morgan fingerprint density at radius 3 is 2.70 bits per heavy atom. The summed E-state index contributed by atoms with van der Waals surface area (Å²) in [6.07, 6.45) is 0. The van der Waals surface area contributed by atoms with Gasteiger partial charge in [0.05, 0.1) is 21.1 Å². The van der Waals surface area contributed by atoms with Crippen molar-refractivity contribution < 1.29 is 14.7 Å². The molecule has 1 amide bonds. The van der Waals surface area contributed by atoms with Gasteiger partial charge in [-0.3, -0.25) is 4.79 Å². The number of aryl methyl sites for hydroxylation is 1. The maximum absolute atomic E-state index is 12.0. The summed E-state index contributed by atoms with van der Waals surface area (Å²) in [5, 5.41) is 14.1. The van der Waals surface area contributed by atoms with Crippen molar-refractivity contribution >= 4 is 50.5 Å². The van der Waals surface area contributed by atoms with Crippen molar-refractivity contribution in [1.82, 2.24) is 10.3 Å². The fourth-order valence-electron chi connectivity index (χ4n) is 1.57. The predicted molar refractivity (Wildman–Crippen MR) is 81.7 cm³/mol. The van der Waals surface area contributed by atoms with Gasteiger partial charge < -0.3 is 10.4 Å². The predicted octanol–water partition coefficient (Wildman–Crippen LogP) is 3.46. The van der Waals surface area contributed by atoms with Gasteiger partial charge in [0.25, 0.3) is 5.91 Å². The second-order valence-corrected chi connectivity index (χ2v) is 7.43. The van der Waals surface area contributed by atoms with Crippen LogP contribution in [-0.4, -0.2) is 22.0 Å². The number of rotatable bonds is 4. The second kappa shape index (κ2) is 6.02. The van der Waals surface area contributed by atoms with Crippen LogP contribution in [0.5, 0.6) is 0 Å². The normalized spacial score (nSPS) is 12.2. The molecule has 0 aliphatic rings. The van der Waals surface area contributed by atoms with Gasteiger partial charge >= 0.3 is 5.97 Å². The Morgan fingerprint density at radius 2 is 2.20 bits per heavy atom. The molecule has 0 aliphatic carbocycles. The summed E-state index contributed by atoms with van der Waals surface area (Å²) < 4.78 is 0.883. The van der Waals surface area contributed by atoms with E-state index in [-0.39, 0.29) is 16.8 Å². The van der Waals surface area contributed by atoms with Crippen LogP contribution in [0.1, 0.15) is 43.7 Å². The topological polar surface area (TPSA) is 79.3 Å². The molecule has 2 N–H and O–H groups in total. The molecule has 0 spiro atoms. The molecule has 8 heteroatoms. The van der Waals surface area contributed by atoms with E-state index < -0.39 is 5.97 Å². The maximum atomic E-state index is 12.0.